The molecule has 0 unspecified atom stereocenters. The smallest absolute Gasteiger partial charge is 0.254 e. The van der Waals surface area contributed by atoms with Gasteiger partial charge in [-0.1, -0.05) is 22.6 Å². The van der Waals surface area contributed by atoms with E-state index in [2.05, 4.69) is 27.9 Å². The Balaban J connectivity index is 2.55. The lowest BCUT2D eigenvalue weighted by Gasteiger charge is -2.05. The lowest BCUT2D eigenvalue weighted by atomic mass is 10.2. The van der Waals surface area contributed by atoms with E-state index < -0.39 is 17.5 Å². The topological polar surface area (TPSA) is 29.1 Å². The number of benzene rings is 1. The normalized spacial score (nSPS) is 10.2. The number of hydrogen-bond donors (Lipinski definition) is 1. The number of carbonyl (C=O) groups is 1. The Kier molecular flexibility index (Phi) is 5.65. The van der Waals surface area contributed by atoms with E-state index in [1.165, 1.54) is 0 Å². The fourth-order valence-corrected chi connectivity index (χ4v) is 1.73. The van der Waals surface area contributed by atoms with Gasteiger partial charge in [-0.2, -0.15) is 0 Å². The van der Waals surface area contributed by atoms with E-state index in [-0.39, 0.29) is 5.56 Å². The second-order valence-electron chi connectivity index (χ2n) is 3.28. The van der Waals surface area contributed by atoms with E-state index in [1.54, 1.807) is 0 Å². The third-order valence-electron chi connectivity index (χ3n) is 2.02. The van der Waals surface area contributed by atoms with Gasteiger partial charge in [0.2, 0.25) is 0 Å². The maximum absolute atomic E-state index is 13.2. The zero-order valence-electron chi connectivity index (χ0n) is 8.60. The minimum Gasteiger partial charge on any atom is -0.352 e. The summed E-state index contributed by atoms with van der Waals surface area (Å²) in [5.41, 5.74) is -0.241. The van der Waals surface area contributed by atoms with E-state index in [0.717, 1.165) is 35.5 Å². The molecule has 88 valence electrons. The highest BCUT2D eigenvalue weighted by atomic mass is 127. The van der Waals surface area contributed by atoms with Crippen molar-refractivity contribution in [2.75, 3.05) is 11.0 Å². The van der Waals surface area contributed by atoms with Crippen molar-refractivity contribution in [2.24, 2.45) is 0 Å². The molecular weight excluding hydrogens is 327 g/mol. The Bertz CT molecular complexity index is 371. The molecule has 0 aliphatic rings. The molecule has 0 radical (unpaired) electrons. The maximum atomic E-state index is 13.2. The number of alkyl halides is 1. The van der Waals surface area contributed by atoms with Crippen molar-refractivity contribution in [3.05, 3.63) is 35.4 Å². The molecule has 0 saturated heterocycles. The number of carbonyl (C=O) groups excluding carboxylic acids is 1. The van der Waals surface area contributed by atoms with Crippen LogP contribution in [0.1, 0.15) is 23.2 Å². The SMILES string of the molecule is O=C(NCCCCI)c1cc(F)ccc1F. The molecule has 0 aliphatic carbocycles. The van der Waals surface area contributed by atoms with Crippen molar-refractivity contribution in [3.8, 4) is 0 Å². The summed E-state index contributed by atoms with van der Waals surface area (Å²) in [7, 11) is 0. The van der Waals surface area contributed by atoms with Crippen molar-refractivity contribution >= 4 is 28.5 Å². The predicted molar refractivity (Wildman–Crippen MR) is 66.8 cm³/mol. The Hall–Kier alpha value is -0.720. The van der Waals surface area contributed by atoms with Gasteiger partial charge in [-0.05, 0) is 35.5 Å². The molecule has 1 amide bonds. The van der Waals surface area contributed by atoms with Crippen LogP contribution in [0, 0.1) is 11.6 Å². The van der Waals surface area contributed by atoms with Gasteiger partial charge in [-0.25, -0.2) is 8.78 Å². The van der Waals surface area contributed by atoms with Gasteiger partial charge in [0, 0.05) is 6.54 Å². The molecular formula is C11H12F2INO. The van der Waals surface area contributed by atoms with Crippen LogP contribution in [0.3, 0.4) is 0 Å². The van der Waals surface area contributed by atoms with Gasteiger partial charge in [0.05, 0.1) is 5.56 Å². The summed E-state index contributed by atoms with van der Waals surface area (Å²) >= 11 is 2.24. The number of rotatable bonds is 5. The first-order valence-corrected chi connectivity index (χ1v) is 6.47. The van der Waals surface area contributed by atoms with Crippen LogP contribution in [0.15, 0.2) is 18.2 Å². The van der Waals surface area contributed by atoms with E-state index >= 15 is 0 Å². The average molecular weight is 339 g/mol. The maximum Gasteiger partial charge on any atom is 0.254 e. The zero-order valence-corrected chi connectivity index (χ0v) is 10.8. The molecule has 1 aromatic rings. The Morgan fingerprint density at radius 2 is 2.06 bits per heavy atom. The van der Waals surface area contributed by atoms with Crippen LogP contribution in [0.4, 0.5) is 8.78 Å². The first kappa shape index (κ1) is 13.3. The summed E-state index contributed by atoms with van der Waals surface area (Å²) < 4.78 is 27.0. The molecule has 0 aliphatic heterocycles. The second-order valence-corrected chi connectivity index (χ2v) is 4.35. The minimum atomic E-state index is -0.701. The number of unbranched alkanes of at least 4 members (excludes halogenated alkanes) is 1. The monoisotopic (exact) mass is 339 g/mol. The fraction of sp³-hybridized carbons (Fsp3) is 0.364. The molecule has 0 fully saturated rings. The molecule has 16 heavy (non-hydrogen) atoms. The van der Waals surface area contributed by atoms with E-state index in [4.69, 9.17) is 0 Å². The summed E-state index contributed by atoms with van der Waals surface area (Å²) in [6, 6.07) is 2.85. The van der Waals surface area contributed by atoms with Gasteiger partial charge < -0.3 is 5.32 Å². The Labute approximate surface area is 107 Å². The number of halogens is 3. The lowest BCUT2D eigenvalue weighted by Crippen LogP contribution is -2.25. The predicted octanol–water partition coefficient (Wildman–Crippen LogP) is 2.91. The zero-order chi connectivity index (χ0) is 12.0. The van der Waals surface area contributed by atoms with Gasteiger partial charge >= 0.3 is 0 Å². The van der Waals surface area contributed by atoms with Crippen molar-refractivity contribution in [2.45, 2.75) is 12.8 Å². The fourth-order valence-electron chi connectivity index (χ4n) is 1.19. The largest absolute Gasteiger partial charge is 0.352 e. The summed E-state index contributed by atoms with van der Waals surface area (Å²) in [5, 5.41) is 2.55. The van der Waals surface area contributed by atoms with Crippen molar-refractivity contribution in [1.29, 1.82) is 0 Å². The van der Waals surface area contributed by atoms with Crippen LogP contribution >= 0.6 is 22.6 Å². The third kappa shape index (κ3) is 4.03. The molecule has 0 saturated carbocycles. The highest BCUT2D eigenvalue weighted by Crippen LogP contribution is 2.09. The van der Waals surface area contributed by atoms with Crippen LogP contribution in [-0.4, -0.2) is 16.9 Å². The Morgan fingerprint density at radius 1 is 1.31 bits per heavy atom. The van der Waals surface area contributed by atoms with Gasteiger partial charge in [-0.15, -0.1) is 0 Å². The number of nitrogens with one attached hydrogen (secondary N) is 1. The quantitative estimate of drug-likeness (QED) is 0.499. The second kappa shape index (κ2) is 6.78. The van der Waals surface area contributed by atoms with E-state index in [9.17, 15) is 13.6 Å². The standard InChI is InChI=1S/C11H12F2INO/c12-8-3-4-10(13)9(7-8)11(16)15-6-2-1-5-14/h3-4,7H,1-2,5-6H2,(H,15,16). The van der Waals surface area contributed by atoms with Crippen LogP contribution in [0.2, 0.25) is 0 Å². The molecule has 0 bridgehead atoms. The van der Waals surface area contributed by atoms with Gasteiger partial charge in [0.25, 0.3) is 5.91 Å². The molecule has 2 nitrogen and oxygen atoms in total. The molecule has 1 rings (SSSR count). The van der Waals surface area contributed by atoms with E-state index in [0.29, 0.717) is 6.54 Å². The first-order valence-electron chi connectivity index (χ1n) is 4.94. The highest BCUT2D eigenvalue weighted by Gasteiger charge is 2.11. The average Bonchev–Trinajstić information content (AvgIpc) is 2.27. The van der Waals surface area contributed by atoms with Crippen molar-refractivity contribution in [1.82, 2.24) is 5.32 Å². The summed E-state index contributed by atoms with van der Waals surface area (Å²) in [6.07, 6.45) is 1.83. The molecule has 0 heterocycles. The van der Waals surface area contributed by atoms with E-state index in [1.807, 2.05) is 0 Å². The van der Waals surface area contributed by atoms with Gasteiger partial charge in [-0.3, -0.25) is 4.79 Å². The first-order chi connectivity index (χ1) is 7.65. The van der Waals surface area contributed by atoms with Crippen LogP contribution in [0.5, 0.6) is 0 Å². The number of amides is 1. The van der Waals surface area contributed by atoms with Gasteiger partial charge in [0.1, 0.15) is 11.6 Å². The molecule has 1 aromatic carbocycles. The lowest BCUT2D eigenvalue weighted by molar-refractivity contribution is 0.0948. The minimum absolute atomic E-state index is 0.241. The molecule has 0 aromatic heterocycles. The van der Waals surface area contributed by atoms with Crippen molar-refractivity contribution in [3.63, 3.8) is 0 Å². The van der Waals surface area contributed by atoms with Crippen LogP contribution in [-0.2, 0) is 0 Å². The Morgan fingerprint density at radius 3 is 2.75 bits per heavy atom. The summed E-state index contributed by atoms with van der Waals surface area (Å²) in [4.78, 5) is 11.5. The van der Waals surface area contributed by atoms with Gasteiger partial charge in [0.15, 0.2) is 0 Å². The molecule has 1 N–H and O–H groups in total. The molecule has 0 spiro atoms. The third-order valence-corrected chi connectivity index (χ3v) is 2.78. The van der Waals surface area contributed by atoms with Crippen molar-refractivity contribution < 1.29 is 13.6 Å². The summed E-state index contributed by atoms with van der Waals surface area (Å²) in [6.45, 7) is 0.484. The van der Waals surface area contributed by atoms with Crippen LogP contribution in [0.25, 0.3) is 0 Å². The molecule has 0 atom stereocenters. The summed E-state index contributed by atoms with van der Waals surface area (Å²) in [5.74, 6) is -1.88. The van der Waals surface area contributed by atoms with Crippen LogP contribution < -0.4 is 5.32 Å². The highest BCUT2D eigenvalue weighted by molar-refractivity contribution is 14.1. The molecule has 5 heteroatoms. The number of hydrogen-bond acceptors (Lipinski definition) is 1.